The number of rotatable bonds is 5. The molecule has 0 saturated carbocycles. The molecular formula is C11H13BrN2O5. The zero-order valence-electron chi connectivity index (χ0n) is 10.1. The van der Waals surface area contributed by atoms with Crippen molar-refractivity contribution < 1.29 is 19.9 Å². The van der Waals surface area contributed by atoms with Gasteiger partial charge in [-0.05, 0) is 28.9 Å². The van der Waals surface area contributed by atoms with Crippen LogP contribution in [0, 0.1) is 10.1 Å². The van der Waals surface area contributed by atoms with Crippen LogP contribution in [0.2, 0.25) is 0 Å². The third-order valence-electron chi connectivity index (χ3n) is 2.38. The van der Waals surface area contributed by atoms with Crippen LogP contribution in [-0.2, 0) is 0 Å². The maximum Gasteiger partial charge on any atom is 0.270 e. The number of carbonyl (C=O) groups is 1. The van der Waals surface area contributed by atoms with E-state index >= 15 is 0 Å². The Morgan fingerprint density at radius 3 is 2.74 bits per heavy atom. The molecule has 104 valence electrons. The quantitative estimate of drug-likeness (QED) is 0.546. The lowest BCUT2D eigenvalue weighted by Gasteiger charge is -2.20. The number of non-ortho nitro benzene ring substituents is 1. The van der Waals surface area contributed by atoms with Crippen LogP contribution in [-0.4, -0.2) is 39.8 Å². The summed E-state index contributed by atoms with van der Waals surface area (Å²) in [5.74, 6) is -0.579. The van der Waals surface area contributed by atoms with Gasteiger partial charge in [0.1, 0.15) is 5.60 Å². The average molecular weight is 333 g/mol. The van der Waals surface area contributed by atoms with E-state index in [0.29, 0.717) is 4.47 Å². The van der Waals surface area contributed by atoms with Gasteiger partial charge >= 0.3 is 0 Å². The molecule has 0 spiro atoms. The van der Waals surface area contributed by atoms with E-state index in [1.165, 1.54) is 19.1 Å². The second-order valence-corrected chi connectivity index (χ2v) is 5.11. The second-order valence-electron chi connectivity index (χ2n) is 4.26. The maximum atomic E-state index is 11.8. The van der Waals surface area contributed by atoms with Crippen LogP contribution >= 0.6 is 15.9 Å². The maximum absolute atomic E-state index is 11.8. The number of nitro benzene ring substituents is 1. The SMILES string of the molecule is CC(O)(CO)CNC(=O)c1cc([N+](=O)[O-])ccc1Br. The molecule has 1 rings (SSSR count). The number of amides is 1. The van der Waals surface area contributed by atoms with Crippen molar-refractivity contribution in [2.24, 2.45) is 0 Å². The topological polar surface area (TPSA) is 113 Å². The fourth-order valence-corrected chi connectivity index (χ4v) is 1.65. The molecule has 0 aromatic heterocycles. The summed E-state index contributed by atoms with van der Waals surface area (Å²) in [5, 5.41) is 31.4. The molecule has 8 heteroatoms. The first-order valence-electron chi connectivity index (χ1n) is 5.32. The molecule has 1 aromatic rings. The minimum atomic E-state index is -1.44. The average Bonchev–Trinajstić information content (AvgIpc) is 2.36. The summed E-state index contributed by atoms with van der Waals surface area (Å²) in [7, 11) is 0. The van der Waals surface area contributed by atoms with Gasteiger partial charge in [-0.2, -0.15) is 0 Å². The fourth-order valence-electron chi connectivity index (χ4n) is 1.22. The minimum Gasteiger partial charge on any atom is -0.393 e. The van der Waals surface area contributed by atoms with E-state index in [2.05, 4.69) is 21.2 Å². The molecule has 19 heavy (non-hydrogen) atoms. The highest BCUT2D eigenvalue weighted by molar-refractivity contribution is 9.10. The largest absolute Gasteiger partial charge is 0.393 e. The number of carbonyl (C=O) groups excluding carboxylic acids is 1. The summed E-state index contributed by atoms with van der Waals surface area (Å²) in [6.45, 7) is 0.677. The van der Waals surface area contributed by atoms with Gasteiger partial charge in [0.25, 0.3) is 11.6 Å². The molecular weight excluding hydrogens is 320 g/mol. The Labute approximate surface area is 117 Å². The second kappa shape index (κ2) is 6.09. The molecule has 0 radical (unpaired) electrons. The molecule has 1 amide bonds. The van der Waals surface area contributed by atoms with Gasteiger partial charge in [0, 0.05) is 23.2 Å². The number of hydrogen-bond donors (Lipinski definition) is 3. The van der Waals surface area contributed by atoms with E-state index in [-0.39, 0.29) is 17.8 Å². The monoisotopic (exact) mass is 332 g/mol. The Hall–Kier alpha value is -1.51. The van der Waals surface area contributed by atoms with Gasteiger partial charge in [0.05, 0.1) is 17.1 Å². The van der Waals surface area contributed by atoms with Crippen molar-refractivity contribution in [1.82, 2.24) is 5.32 Å². The highest BCUT2D eigenvalue weighted by Gasteiger charge is 2.22. The van der Waals surface area contributed by atoms with Gasteiger partial charge in [-0.25, -0.2) is 0 Å². The van der Waals surface area contributed by atoms with Crippen molar-refractivity contribution >= 4 is 27.5 Å². The summed E-state index contributed by atoms with van der Waals surface area (Å²) in [6.07, 6.45) is 0. The number of benzene rings is 1. The lowest BCUT2D eigenvalue weighted by atomic mass is 10.1. The summed E-state index contributed by atoms with van der Waals surface area (Å²) >= 11 is 3.12. The van der Waals surface area contributed by atoms with E-state index in [4.69, 9.17) is 5.11 Å². The summed E-state index contributed by atoms with van der Waals surface area (Å²) in [5.41, 5.74) is -1.56. The zero-order chi connectivity index (χ0) is 14.6. The number of nitrogens with one attached hydrogen (secondary N) is 1. The molecule has 0 aliphatic carbocycles. The molecule has 0 fully saturated rings. The van der Waals surface area contributed by atoms with Gasteiger partial charge in [-0.3, -0.25) is 14.9 Å². The van der Waals surface area contributed by atoms with Crippen molar-refractivity contribution in [1.29, 1.82) is 0 Å². The van der Waals surface area contributed by atoms with Crippen molar-refractivity contribution in [3.05, 3.63) is 38.3 Å². The van der Waals surface area contributed by atoms with Crippen LogP contribution in [0.5, 0.6) is 0 Å². The van der Waals surface area contributed by atoms with Gasteiger partial charge in [0.2, 0.25) is 0 Å². The molecule has 0 aliphatic rings. The smallest absolute Gasteiger partial charge is 0.270 e. The van der Waals surface area contributed by atoms with Crippen LogP contribution in [0.15, 0.2) is 22.7 Å². The van der Waals surface area contributed by atoms with Crippen LogP contribution in [0.4, 0.5) is 5.69 Å². The molecule has 0 saturated heterocycles. The van der Waals surface area contributed by atoms with E-state index < -0.39 is 23.0 Å². The third kappa shape index (κ3) is 4.27. The van der Waals surface area contributed by atoms with Crippen molar-refractivity contribution in [3.63, 3.8) is 0 Å². The number of hydrogen-bond acceptors (Lipinski definition) is 5. The van der Waals surface area contributed by atoms with E-state index in [9.17, 15) is 20.0 Å². The highest BCUT2D eigenvalue weighted by atomic mass is 79.9. The minimum absolute atomic E-state index is 0.0861. The molecule has 1 unspecified atom stereocenters. The third-order valence-corrected chi connectivity index (χ3v) is 3.07. The first-order valence-corrected chi connectivity index (χ1v) is 6.11. The first kappa shape index (κ1) is 15.5. The molecule has 0 heterocycles. The Bertz CT molecular complexity index is 504. The number of nitrogens with zero attached hydrogens (tertiary/aromatic N) is 1. The summed E-state index contributed by atoms with van der Waals surface area (Å²) in [4.78, 5) is 21.9. The van der Waals surface area contributed by atoms with Crippen LogP contribution in [0.3, 0.4) is 0 Å². The van der Waals surface area contributed by atoms with Gasteiger partial charge in [-0.1, -0.05) is 0 Å². The Balaban J connectivity index is 2.88. The lowest BCUT2D eigenvalue weighted by molar-refractivity contribution is -0.384. The van der Waals surface area contributed by atoms with Gasteiger partial charge in [-0.15, -0.1) is 0 Å². The molecule has 0 bridgehead atoms. The molecule has 7 nitrogen and oxygen atoms in total. The van der Waals surface area contributed by atoms with E-state index in [1.807, 2.05) is 0 Å². The van der Waals surface area contributed by atoms with Crippen molar-refractivity contribution in [2.45, 2.75) is 12.5 Å². The fraction of sp³-hybridized carbons (Fsp3) is 0.364. The van der Waals surface area contributed by atoms with Crippen molar-refractivity contribution in [2.75, 3.05) is 13.2 Å². The number of aliphatic hydroxyl groups excluding tert-OH is 1. The number of nitro groups is 1. The Kier molecular flexibility index (Phi) is 4.98. The lowest BCUT2D eigenvalue weighted by Crippen LogP contribution is -2.43. The molecule has 0 aliphatic heterocycles. The van der Waals surface area contributed by atoms with Crippen LogP contribution in [0.25, 0.3) is 0 Å². The van der Waals surface area contributed by atoms with Crippen molar-refractivity contribution in [3.8, 4) is 0 Å². The molecule has 1 aromatic carbocycles. The van der Waals surface area contributed by atoms with Gasteiger partial charge < -0.3 is 15.5 Å². The normalized spacial score (nSPS) is 13.7. The van der Waals surface area contributed by atoms with Crippen LogP contribution < -0.4 is 5.32 Å². The summed E-state index contributed by atoms with van der Waals surface area (Å²) < 4.78 is 0.402. The first-order chi connectivity index (χ1) is 8.76. The highest BCUT2D eigenvalue weighted by Crippen LogP contribution is 2.22. The predicted molar refractivity (Wildman–Crippen MR) is 70.8 cm³/mol. The number of halogens is 1. The van der Waals surface area contributed by atoms with Gasteiger partial charge in [0.15, 0.2) is 0 Å². The predicted octanol–water partition coefficient (Wildman–Crippen LogP) is 0.830. The van der Waals surface area contributed by atoms with Crippen LogP contribution in [0.1, 0.15) is 17.3 Å². The van der Waals surface area contributed by atoms with E-state index in [0.717, 1.165) is 6.07 Å². The molecule has 1 atom stereocenters. The number of aliphatic hydroxyl groups is 2. The zero-order valence-corrected chi connectivity index (χ0v) is 11.7. The Morgan fingerprint density at radius 2 is 2.21 bits per heavy atom. The summed E-state index contributed by atoms with van der Waals surface area (Å²) in [6, 6.07) is 3.80. The Morgan fingerprint density at radius 1 is 1.58 bits per heavy atom. The molecule has 3 N–H and O–H groups in total. The van der Waals surface area contributed by atoms with E-state index in [1.54, 1.807) is 0 Å². The standard InChI is InChI=1S/C11H13BrN2O5/c1-11(17,6-15)5-13-10(16)8-4-7(14(18)19)2-3-9(8)12/h2-4,15,17H,5-6H2,1H3,(H,13,16).